The number of halogens is 6. The van der Waals surface area contributed by atoms with Gasteiger partial charge in [0, 0.05) is 49.3 Å². The van der Waals surface area contributed by atoms with Crippen LogP contribution >= 0.6 is 11.3 Å². The third-order valence-electron chi connectivity index (χ3n) is 10.8. The van der Waals surface area contributed by atoms with Crippen LogP contribution in [0.5, 0.6) is 11.5 Å². The summed E-state index contributed by atoms with van der Waals surface area (Å²) in [6, 6.07) is 8.19. The Bertz CT molecular complexity index is 1880. The van der Waals surface area contributed by atoms with Crippen LogP contribution in [0.15, 0.2) is 54.0 Å². The minimum Gasteiger partial charge on any atom is -0.490 e. The lowest BCUT2D eigenvalue weighted by atomic mass is 9.78. The molecule has 1 aliphatic carbocycles. The van der Waals surface area contributed by atoms with Gasteiger partial charge in [-0.3, -0.25) is 19.4 Å². The molecule has 0 unspecified atom stereocenters. The standard InChI is InChI=1S/C38H41F6N3O7S/c1-2-7-29-36(54-25-21-30(55-22-25)38(42,43)44,13-6-17-47(29)32(48)31-27(37(39,40)41)9-5-16-45-31)34(51)46-18-14-35(52,15-19-46)26-8-3-4-10-28(26)53-24-12-11-23(20-24)33(49)50/h3-5,8-10,16,21-24,29,52H,2,6-7,11-15,17-20H2,1H3,(H,49,50)/t23-,24+,29+,36-/m0/s1. The Morgan fingerprint density at radius 1 is 0.982 bits per heavy atom. The quantitative estimate of drug-likeness (QED) is 0.202. The Morgan fingerprint density at radius 2 is 1.71 bits per heavy atom. The van der Waals surface area contributed by atoms with E-state index in [1.165, 1.54) is 4.90 Å². The lowest BCUT2D eigenvalue weighted by Gasteiger charge is -2.51. The number of ether oxygens (including phenoxy) is 2. The fraction of sp³-hybridized carbons (Fsp3) is 0.526. The van der Waals surface area contributed by atoms with Crippen LogP contribution in [0, 0.1) is 5.92 Å². The number of carbonyl (C=O) groups is 3. The number of para-hydroxylation sites is 1. The van der Waals surface area contributed by atoms with Gasteiger partial charge in [-0.05, 0) is 63.1 Å². The number of aliphatic hydroxyl groups is 1. The number of carbonyl (C=O) groups excluding carboxylic acids is 2. The van der Waals surface area contributed by atoms with E-state index in [0.29, 0.717) is 48.3 Å². The molecular weight excluding hydrogens is 756 g/mol. The second kappa shape index (κ2) is 15.6. The number of alkyl halides is 6. The Hall–Kier alpha value is -4.38. The number of aromatic nitrogens is 1. The number of rotatable bonds is 10. The lowest BCUT2D eigenvalue weighted by molar-refractivity contribution is -0.163. The Labute approximate surface area is 317 Å². The van der Waals surface area contributed by atoms with E-state index in [0.717, 1.165) is 34.7 Å². The number of likely N-dealkylation sites (tertiary alicyclic amines) is 2. The number of benzene rings is 1. The first-order valence-corrected chi connectivity index (χ1v) is 19.0. The predicted octanol–water partition coefficient (Wildman–Crippen LogP) is 7.55. The highest BCUT2D eigenvalue weighted by molar-refractivity contribution is 7.10. The van der Waals surface area contributed by atoms with Gasteiger partial charge in [0.25, 0.3) is 11.8 Å². The van der Waals surface area contributed by atoms with Crippen LogP contribution < -0.4 is 9.47 Å². The van der Waals surface area contributed by atoms with E-state index >= 15 is 0 Å². The number of piperidine rings is 2. The Morgan fingerprint density at radius 3 is 2.35 bits per heavy atom. The number of thiophene rings is 1. The molecule has 2 saturated heterocycles. The number of carboxylic acid groups (broad SMARTS) is 1. The van der Waals surface area contributed by atoms with Crippen LogP contribution in [0.3, 0.4) is 0 Å². The van der Waals surface area contributed by atoms with Gasteiger partial charge >= 0.3 is 18.3 Å². The van der Waals surface area contributed by atoms with Crippen molar-refractivity contribution in [3.05, 3.63) is 75.7 Å². The molecule has 298 valence electrons. The molecule has 6 rings (SSSR count). The van der Waals surface area contributed by atoms with Crippen molar-refractivity contribution >= 4 is 29.1 Å². The third-order valence-corrected chi connectivity index (χ3v) is 11.8. The van der Waals surface area contributed by atoms with Gasteiger partial charge in [-0.1, -0.05) is 31.5 Å². The number of hydrogen-bond acceptors (Lipinski definition) is 8. The minimum atomic E-state index is -4.92. The minimum absolute atomic E-state index is 0.0122. The SMILES string of the molecule is CCC[C@H]1N(C(=O)c2ncccc2C(F)(F)F)CCC[C@@]1(Oc1csc(C(F)(F)F)c1)C(=O)N1CCC(O)(c2ccccc2O[C@@H]2CC[C@H](C(=O)O)C2)CC1. The summed E-state index contributed by atoms with van der Waals surface area (Å²) >= 11 is 0.361. The average molecular weight is 798 g/mol. The first kappa shape index (κ1) is 40.3. The molecule has 10 nitrogen and oxygen atoms in total. The molecule has 0 radical (unpaired) electrons. The van der Waals surface area contributed by atoms with Gasteiger partial charge in [-0.25, -0.2) is 0 Å². The molecule has 17 heteroatoms. The Kier molecular flexibility index (Phi) is 11.5. The normalized spacial score (nSPS) is 24.4. The largest absolute Gasteiger partial charge is 0.490 e. The summed E-state index contributed by atoms with van der Waals surface area (Å²) < 4.78 is 95.7. The van der Waals surface area contributed by atoms with Crippen LogP contribution in [0.1, 0.15) is 91.2 Å². The summed E-state index contributed by atoms with van der Waals surface area (Å²) in [6.07, 6.45) is -7.19. The predicted molar refractivity (Wildman–Crippen MR) is 186 cm³/mol. The number of carboxylic acids is 1. The zero-order valence-corrected chi connectivity index (χ0v) is 30.7. The molecule has 3 aromatic rings. The molecule has 55 heavy (non-hydrogen) atoms. The zero-order chi connectivity index (χ0) is 39.8. The van der Waals surface area contributed by atoms with E-state index in [-0.39, 0.29) is 63.6 Å². The molecule has 4 heterocycles. The van der Waals surface area contributed by atoms with Gasteiger partial charge in [-0.2, -0.15) is 26.3 Å². The maximum Gasteiger partial charge on any atom is 0.425 e. The van der Waals surface area contributed by atoms with Crippen LogP contribution in [-0.4, -0.2) is 80.2 Å². The van der Waals surface area contributed by atoms with Crippen LogP contribution in [0.2, 0.25) is 0 Å². The van der Waals surface area contributed by atoms with Gasteiger partial charge in [-0.15, -0.1) is 11.3 Å². The maximum absolute atomic E-state index is 14.9. The smallest absolute Gasteiger partial charge is 0.425 e. The van der Waals surface area contributed by atoms with E-state index in [1.54, 1.807) is 31.2 Å². The molecule has 2 N–H and O–H groups in total. The lowest BCUT2D eigenvalue weighted by Crippen LogP contribution is -2.68. The summed E-state index contributed by atoms with van der Waals surface area (Å²) in [5.41, 5.74) is -5.15. The molecule has 3 fully saturated rings. The summed E-state index contributed by atoms with van der Waals surface area (Å²) in [7, 11) is 0. The molecule has 1 saturated carbocycles. The van der Waals surface area contributed by atoms with Gasteiger partial charge in [0.1, 0.15) is 22.1 Å². The highest BCUT2D eigenvalue weighted by atomic mass is 32.1. The highest BCUT2D eigenvalue weighted by Crippen LogP contribution is 2.45. The topological polar surface area (TPSA) is 130 Å². The van der Waals surface area contributed by atoms with Crippen LogP contribution in [0.4, 0.5) is 26.3 Å². The highest BCUT2D eigenvalue weighted by Gasteiger charge is 2.57. The summed E-state index contributed by atoms with van der Waals surface area (Å²) in [4.78, 5) is 45.8. The molecule has 0 spiro atoms. The number of nitrogens with zero attached hydrogens (tertiary/aromatic N) is 3. The Balaban J connectivity index is 1.31. The average Bonchev–Trinajstić information content (AvgIpc) is 3.82. The number of pyridine rings is 1. The van der Waals surface area contributed by atoms with Gasteiger partial charge in [0.15, 0.2) is 0 Å². The second-order valence-corrected chi connectivity index (χ2v) is 15.3. The van der Waals surface area contributed by atoms with Crippen molar-refractivity contribution in [3.8, 4) is 11.5 Å². The summed E-state index contributed by atoms with van der Waals surface area (Å²) in [5.74, 6) is -3.07. The van der Waals surface area contributed by atoms with Crippen molar-refractivity contribution in [1.29, 1.82) is 0 Å². The fourth-order valence-corrected chi connectivity index (χ4v) is 8.77. The summed E-state index contributed by atoms with van der Waals surface area (Å²) in [5, 5.41) is 22.5. The molecular formula is C38H41F6N3O7S. The fourth-order valence-electron chi connectivity index (χ4n) is 8.10. The molecule has 2 aliphatic heterocycles. The molecule has 0 bridgehead atoms. The van der Waals surface area contributed by atoms with Crippen LogP contribution in [-0.2, 0) is 27.5 Å². The maximum atomic E-state index is 14.9. The monoisotopic (exact) mass is 797 g/mol. The van der Waals surface area contributed by atoms with Crippen molar-refractivity contribution in [2.45, 2.75) is 100 Å². The van der Waals surface area contributed by atoms with Crippen molar-refractivity contribution in [2.24, 2.45) is 5.92 Å². The molecule has 4 atom stereocenters. The molecule has 2 amide bonds. The van der Waals surface area contributed by atoms with E-state index in [4.69, 9.17) is 9.47 Å². The van der Waals surface area contributed by atoms with E-state index in [9.17, 15) is 50.9 Å². The van der Waals surface area contributed by atoms with Crippen molar-refractivity contribution in [3.63, 3.8) is 0 Å². The molecule has 2 aromatic heterocycles. The van der Waals surface area contributed by atoms with Crippen molar-refractivity contribution in [1.82, 2.24) is 14.8 Å². The summed E-state index contributed by atoms with van der Waals surface area (Å²) in [6.45, 7) is 1.61. The van der Waals surface area contributed by atoms with Crippen molar-refractivity contribution in [2.75, 3.05) is 19.6 Å². The van der Waals surface area contributed by atoms with Crippen molar-refractivity contribution < 1.29 is 60.4 Å². The van der Waals surface area contributed by atoms with Crippen LogP contribution in [0.25, 0.3) is 0 Å². The van der Waals surface area contributed by atoms with E-state index in [2.05, 4.69) is 4.98 Å². The van der Waals surface area contributed by atoms with E-state index < -0.39 is 69.4 Å². The van der Waals surface area contributed by atoms with E-state index in [1.807, 2.05) is 0 Å². The number of amides is 2. The van der Waals surface area contributed by atoms with Gasteiger partial charge in [0.05, 0.1) is 29.2 Å². The number of hydrogen-bond donors (Lipinski definition) is 2. The third kappa shape index (κ3) is 8.27. The van der Waals surface area contributed by atoms with Gasteiger partial charge in [0.2, 0.25) is 5.60 Å². The molecule has 3 aliphatic rings. The number of aliphatic carboxylic acids is 1. The van der Waals surface area contributed by atoms with Gasteiger partial charge < -0.3 is 29.5 Å². The molecule has 1 aromatic carbocycles. The second-order valence-electron chi connectivity index (χ2n) is 14.3. The first-order valence-electron chi connectivity index (χ1n) is 18.2. The first-order chi connectivity index (χ1) is 26.0. The zero-order valence-electron chi connectivity index (χ0n) is 29.9.